The highest BCUT2D eigenvalue weighted by Gasteiger charge is 2.43. The molecule has 0 bridgehead atoms. The Morgan fingerprint density at radius 2 is 1.43 bits per heavy atom. The van der Waals surface area contributed by atoms with E-state index in [-0.39, 0.29) is 29.4 Å². The van der Waals surface area contributed by atoms with Crippen molar-refractivity contribution in [2.75, 3.05) is 25.0 Å². The molecular weight excluding hydrogens is 510 g/mol. The summed E-state index contributed by atoms with van der Waals surface area (Å²) in [6, 6.07) is 19.3. The highest BCUT2D eigenvalue weighted by Crippen LogP contribution is 2.27. The van der Waals surface area contributed by atoms with Crippen LogP contribution >= 0.6 is 11.6 Å². The van der Waals surface area contributed by atoms with Crippen LogP contribution in [-0.4, -0.2) is 57.0 Å². The molecule has 1 aliphatic rings. The molecule has 11 heteroatoms. The minimum absolute atomic E-state index is 0.0242. The predicted molar refractivity (Wildman–Crippen MR) is 134 cm³/mol. The van der Waals surface area contributed by atoms with Gasteiger partial charge in [0.25, 0.3) is 0 Å². The minimum Gasteiger partial charge on any atom is -0.324 e. The second kappa shape index (κ2) is 10.1. The third-order valence-electron chi connectivity index (χ3n) is 5.78. The number of anilines is 1. The van der Waals surface area contributed by atoms with Crippen LogP contribution in [0.1, 0.15) is 5.56 Å². The summed E-state index contributed by atoms with van der Waals surface area (Å²) in [6.45, 7) is 1.16. The highest BCUT2D eigenvalue weighted by atomic mass is 35.5. The Kier molecular flexibility index (Phi) is 7.30. The summed E-state index contributed by atoms with van der Waals surface area (Å²) >= 11 is 6.07. The number of benzene rings is 3. The molecule has 1 saturated heterocycles. The van der Waals surface area contributed by atoms with E-state index in [1.807, 2.05) is 0 Å². The number of amides is 1. The molecule has 3 aromatic carbocycles. The minimum atomic E-state index is -4.08. The first kappa shape index (κ1) is 25.3. The monoisotopic (exact) mass is 533 g/mol. The fourth-order valence-corrected chi connectivity index (χ4v) is 7.10. The van der Waals surface area contributed by atoms with Crippen LogP contribution < -0.4 is 5.32 Å². The van der Waals surface area contributed by atoms with E-state index < -0.39 is 32.0 Å². The van der Waals surface area contributed by atoms with Crippen molar-refractivity contribution < 1.29 is 21.6 Å². The molecule has 35 heavy (non-hydrogen) atoms. The number of carbonyl (C=O) groups is 1. The van der Waals surface area contributed by atoms with E-state index in [1.165, 1.54) is 24.3 Å². The second-order valence-corrected chi connectivity index (χ2v) is 12.3. The zero-order valence-corrected chi connectivity index (χ0v) is 21.2. The van der Waals surface area contributed by atoms with Gasteiger partial charge < -0.3 is 5.32 Å². The van der Waals surface area contributed by atoms with Crippen LogP contribution in [-0.2, 0) is 24.8 Å². The van der Waals surface area contributed by atoms with Gasteiger partial charge in [-0.1, -0.05) is 54.1 Å². The van der Waals surface area contributed by atoms with Crippen LogP contribution in [0.4, 0.5) is 5.69 Å². The Balaban J connectivity index is 1.71. The number of hydrogen-bond donors (Lipinski definition) is 1. The molecule has 1 aliphatic heterocycles. The molecule has 0 aromatic heterocycles. The lowest BCUT2D eigenvalue weighted by Gasteiger charge is -2.39. The quantitative estimate of drug-likeness (QED) is 0.523. The van der Waals surface area contributed by atoms with Crippen molar-refractivity contribution in [1.29, 1.82) is 0 Å². The SMILES string of the molecule is Cc1ccc(Cl)cc1NC(=O)[C@@H]1CN(S(=O)(=O)c2ccccc2)CCN1S(=O)(=O)c1ccccc1. The van der Waals surface area contributed by atoms with Crippen LogP contribution in [0.2, 0.25) is 5.02 Å². The van der Waals surface area contributed by atoms with Crippen LogP contribution in [0.15, 0.2) is 88.7 Å². The first-order valence-electron chi connectivity index (χ1n) is 10.8. The lowest BCUT2D eigenvalue weighted by Crippen LogP contribution is -2.60. The van der Waals surface area contributed by atoms with Crippen molar-refractivity contribution in [3.8, 4) is 0 Å². The Hall–Kier alpha value is -2.76. The number of aryl methyl sites for hydroxylation is 1. The molecule has 1 heterocycles. The molecule has 0 radical (unpaired) electrons. The van der Waals surface area contributed by atoms with Crippen LogP contribution in [0.25, 0.3) is 0 Å². The molecule has 8 nitrogen and oxygen atoms in total. The Bertz CT molecular complexity index is 1430. The highest BCUT2D eigenvalue weighted by molar-refractivity contribution is 7.89. The van der Waals surface area contributed by atoms with E-state index >= 15 is 0 Å². The van der Waals surface area contributed by atoms with Gasteiger partial charge in [0.2, 0.25) is 26.0 Å². The number of carbonyl (C=O) groups excluding carboxylic acids is 1. The fraction of sp³-hybridized carbons (Fsp3) is 0.208. The third-order valence-corrected chi connectivity index (χ3v) is 9.82. The van der Waals surface area contributed by atoms with Gasteiger partial charge >= 0.3 is 0 Å². The number of rotatable bonds is 6. The van der Waals surface area contributed by atoms with Crippen molar-refractivity contribution in [1.82, 2.24) is 8.61 Å². The van der Waals surface area contributed by atoms with E-state index in [0.29, 0.717) is 10.7 Å². The van der Waals surface area contributed by atoms with E-state index in [2.05, 4.69) is 5.32 Å². The van der Waals surface area contributed by atoms with Gasteiger partial charge in [0.05, 0.1) is 9.79 Å². The van der Waals surface area contributed by atoms with Crippen LogP contribution in [0.5, 0.6) is 0 Å². The largest absolute Gasteiger partial charge is 0.324 e. The molecule has 0 unspecified atom stereocenters. The molecule has 1 N–H and O–H groups in total. The van der Waals surface area contributed by atoms with E-state index in [1.54, 1.807) is 61.5 Å². The van der Waals surface area contributed by atoms with Crippen molar-refractivity contribution >= 4 is 43.2 Å². The number of hydrogen-bond acceptors (Lipinski definition) is 5. The zero-order valence-electron chi connectivity index (χ0n) is 18.8. The first-order valence-corrected chi connectivity index (χ1v) is 14.1. The summed E-state index contributed by atoms with van der Waals surface area (Å²) in [7, 11) is -8.01. The Morgan fingerprint density at radius 1 is 0.857 bits per heavy atom. The summed E-state index contributed by atoms with van der Waals surface area (Å²) in [5, 5.41) is 3.13. The lowest BCUT2D eigenvalue weighted by atomic mass is 10.1. The topological polar surface area (TPSA) is 104 Å². The summed E-state index contributed by atoms with van der Waals surface area (Å²) in [5.74, 6) is -0.650. The molecule has 1 atom stereocenters. The molecule has 1 amide bonds. The van der Waals surface area contributed by atoms with Gasteiger partial charge in [0.15, 0.2) is 0 Å². The van der Waals surface area contributed by atoms with Crippen molar-refractivity contribution in [3.05, 3.63) is 89.4 Å². The summed E-state index contributed by atoms with van der Waals surface area (Å²) in [5.41, 5.74) is 1.15. The Morgan fingerprint density at radius 3 is 2.03 bits per heavy atom. The van der Waals surface area contributed by atoms with Gasteiger partial charge in [-0.05, 0) is 48.9 Å². The maximum absolute atomic E-state index is 13.5. The maximum Gasteiger partial charge on any atom is 0.244 e. The van der Waals surface area contributed by atoms with Gasteiger partial charge in [-0.15, -0.1) is 0 Å². The molecular formula is C24H24ClN3O5S2. The van der Waals surface area contributed by atoms with Crippen molar-refractivity contribution in [3.63, 3.8) is 0 Å². The normalized spacial score (nSPS) is 17.7. The number of piperazine rings is 1. The molecule has 0 aliphatic carbocycles. The van der Waals surface area contributed by atoms with Gasteiger partial charge in [-0.25, -0.2) is 16.8 Å². The predicted octanol–water partition coefficient (Wildman–Crippen LogP) is 3.35. The maximum atomic E-state index is 13.5. The molecule has 4 rings (SSSR count). The number of nitrogens with zero attached hydrogens (tertiary/aromatic N) is 2. The standard InChI is InChI=1S/C24H24ClN3O5S2/c1-18-12-13-19(25)16-22(18)26-24(29)23-17-27(34(30,31)20-8-4-2-5-9-20)14-15-28(23)35(32,33)21-10-6-3-7-11-21/h2-13,16,23H,14-15,17H2,1H3,(H,26,29)/t23-/m0/s1. The summed E-state index contributed by atoms with van der Waals surface area (Å²) < 4.78 is 55.6. The fourth-order valence-electron chi connectivity index (χ4n) is 3.88. The average Bonchev–Trinajstić information content (AvgIpc) is 2.87. The number of halogens is 1. The van der Waals surface area contributed by atoms with Crippen LogP contribution in [0.3, 0.4) is 0 Å². The number of sulfonamides is 2. The zero-order chi connectivity index (χ0) is 25.2. The van der Waals surface area contributed by atoms with Gasteiger partial charge in [0, 0.05) is 30.3 Å². The van der Waals surface area contributed by atoms with Gasteiger partial charge in [-0.3, -0.25) is 4.79 Å². The molecule has 1 fully saturated rings. The van der Waals surface area contributed by atoms with E-state index in [0.717, 1.165) is 14.2 Å². The van der Waals surface area contributed by atoms with E-state index in [9.17, 15) is 21.6 Å². The second-order valence-electron chi connectivity index (χ2n) is 8.07. The lowest BCUT2D eigenvalue weighted by molar-refractivity contribution is -0.120. The van der Waals surface area contributed by atoms with Gasteiger partial charge in [0.1, 0.15) is 6.04 Å². The van der Waals surface area contributed by atoms with Crippen molar-refractivity contribution in [2.24, 2.45) is 0 Å². The molecule has 0 spiro atoms. The molecule has 0 saturated carbocycles. The smallest absolute Gasteiger partial charge is 0.244 e. The average molecular weight is 534 g/mol. The molecule has 3 aromatic rings. The van der Waals surface area contributed by atoms with Gasteiger partial charge in [-0.2, -0.15) is 8.61 Å². The third kappa shape index (κ3) is 5.26. The first-order chi connectivity index (χ1) is 16.6. The molecule has 184 valence electrons. The number of nitrogens with one attached hydrogen (secondary N) is 1. The summed E-state index contributed by atoms with van der Waals surface area (Å²) in [6.07, 6.45) is 0. The van der Waals surface area contributed by atoms with Crippen molar-refractivity contribution in [2.45, 2.75) is 22.8 Å². The van der Waals surface area contributed by atoms with Crippen LogP contribution in [0, 0.1) is 6.92 Å². The Labute approximate surface area is 210 Å². The van der Waals surface area contributed by atoms with E-state index in [4.69, 9.17) is 11.6 Å². The summed E-state index contributed by atoms with van der Waals surface area (Å²) in [4.78, 5) is 13.5.